The van der Waals surface area contributed by atoms with Crippen molar-refractivity contribution in [3.63, 3.8) is 0 Å². The van der Waals surface area contributed by atoms with Crippen molar-refractivity contribution in [1.82, 2.24) is 4.90 Å². The third-order valence-corrected chi connectivity index (χ3v) is 7.53. The highest BCUT2D eigenvalue weighted by Gasteiger charge is 2.11. The van der Waals surface area contributed by atoms with Gasteiger partial charge in [-0.2, -0.15) is 0 Å². The number of carbonyl (C=O) groups is 1. The molecule has 7 heteroatoms. The van der Waals surface area contributed by atoms with Gasteiger partial charge in [-0.1, -0.05) is 95.8 Å². The minimum absolute atomic E-state index is 0. The number of benzene rings is 2. The van der Waals surface area contributed by atoms with Crippen LogP contribution in [0.5, 0.6) is 11.5 Å². The first kappa shape index (κ1) is 33.1. The number of unbranched alkanes of at least 4 members (excludes halogenated alkanes) is 11. The van der Waals surface area contributed by atoms with Crippen molar-refractivity contribution in [2.75, 3.05) is 24.4 Å². The average Bonchev–Trinajstić information content (AvgIpc) is 3.45. The summed E-state index contributed by atoms with van der Waals surface area (Å²) in [4.78, 5) is 14.7. The Hall–Kier alpha value is -2.12. The van der Waals surface area contributed by atoms with Crippen LogP contribution in [0.15, 0.2) is 60.1 Å². The maximum atomic E-state index is 12.5. The van der Waals surface area contributed by atoms with Crippen molar-refractivity contribution in [3.05, 3.63) is 65.7 Å². The van der Waals surface area contributed by atoms with Gasteiger partial charge in [-0.3, -0.25) is 4.79 Å². The van der Waals surface area contributed by atoms with Crippen LogP contribution < -0.4 is 14.8 Å². The van der Waals surface area contributed by atoms with Gasteiger partial charge in [0, 0.05) is 18.4 Å². The van der Waals surface area contributed by atoms with Crippen LogP contribution in [0.1, 0.15) is 89.5 Å². The third-order valence-electron chi connectivity index (χ3n) is 6.73. The van der Waals surface area contributed by atoms with Gasteiger partial charge in [0.2, 0.25) is 0 Å². The predicted molar refractivity (Wildman–Crippen MR) is 171 cm³/mol. The van der Waals surface area contributed by atoms with E-state index in [0.717, 1.165) is 42.4 Å². The van der Waals surface area contributed by atoms with Crippen molar-refractivity contribution >= 4 is 40.3 Å². The third kappa shape index (κ3) is 14.2. The van der Waals surface area contributed by atoms with E-state index in [1.807, 2.05) is 48.5 Å². The number of anilines is 1. The van der Waals surface area contributed by atoms with Gasteiger partial charge in [-0.25, -0.2) is 0 Å². The Morgan fingerprint density at radius 3 is 2.03 bits per heavy atom. The van der Waals surface area contributed by atoms with Crippen LogP contribution in [0, 0.1) is 0 Å². The highest BCUT2D eigenvalue weighted by atomic mass is 79.9. The van der Waals surface area contributed by atoms with Crippen molar-refractivity contribution in [1.29, 1.82) is 0 Å². The van der Waals surface area contributed by atoms with Crippen molar-refractivity contribution in [2.24, 2.45) is 0 Å². The molecule has 1 amide bonds. The molecule has 2 aromatic carbocycles. The summed E-state index contributed by atoms with van der Waals surface area (Å²) >= 11 is 1.77. The summed E-state index contributed by atoms with van der Waals surface area (Å²) in [5.41, 5.74) is 1.91. The van der Waals surface area contributed by atoms with Gasteiger partial charge in [0.25, 0.3) is 5.91 Å². The molecule has 0 saturated heterocycles. The summed E-state index contributed by atoms with van der Waals surface area (Å²) in [6.45, 7) is 3.75. The fraction of sp³-hybridized carbons (Fsp3) is 0.531. The Kier molecular flexibility index (Phi) is 17.6. The van der Waals surface area contributed by atoms with Crippen LogP contribution in [0.4, 0.5) is 5.69 Å². The molecule has 3 rings (SSSR count). The minimum atomic E-state index is -0.170. The lowest BCUT2D eigenvalue weighted by Gasteiger charge is -2.18. The van der Waals surface area contributed by atoms with E-state index in [1.54, 1.807) is 11.8 Å². The number of nitrogens with zero attached hydrogens (tertiary/aromatic N) is 1. The molecular weight excluding hydrogens is 572 g/mol. The number of amides is 1. The van der Waals surface area contributed by atoms with E-state index < -0.39 is 0 Å². The molecule has 1 aliphatic rings. The maximum absolute atomic E-state index is 12.5. The first-order valence-corrected chi connectivity index (χ1v) is 15.5. The largest absolute Gasteiger partial charge is 0.494 e. The SMILES string of the molecule is Br.CCCCCCCCCCCCCCOc1ccc(OCC(=O)Nc2ccccc2CN2C=CSC2)cc1. The van der Waals surface area contributed by atoms with Crippen LogP contribution in [0.2, 0.25) is 0 Å². The average molecular weight is 620 g/mol. The Labute approximate surface area is 250 Å². The highest BCUT2D eigenvalue weighted by molar-refractivity contribution is 8.93. The van der Waals surface area contributed by atoms with Crippen molar-refractivity contribution in [2.45, 2.75) is 90.5 Å². The number of hydrogen-bond donors (Lipinski definition) is 1. The van der Waals surface area contributed by atoms with Gasteiger partial charge in [-0.05, 0) is 47.7 Å². The van der Waals surface area contributed by atoms with Crippen LogP contribution in [0.3, 0.4) is 0 Å². The van der Waals surface area contributed by atoms with Crippen LogP contribution in [-0.4, -0.2) is 29.9 Å². The number of ether oxygens (including phenoxy) is 2. The Bertz CT molecular complexity index is 955. The van der Waals surface area contributed by atoms with E-state index >= 15 is 0 Å². The molecule has 0 radical (unpaired) electrons. The smallest absolute Gasteiger partial charge is 0.262 e. The first-order valence-electron chi connectivity index (χ1n) is 14.5. The van der Waals surface area contributed by atoms with E-state index in [1.165, 1.54) is 70.6 Å². The van der Waals surface area contributed by atoms with Gasteiger partial charge >= 0.3 is 0 Å². The number of hydrogen-bond acceptors (Lipinski definition) is 5. The molecule has 5 nitrogen and oxygen atoms in total. The molecule has 1 N–H and O–H groups in total. The van der Waals surface area contributed by atoms with Gasteiger partial charge in [0.05, 0.1) is 12.5 Å². The highest BCUT2D eigenvalue weighted by Crippen LogP contribution is 2.23. The molecular formula is C32H47BrN2O3S. The number of para-hydroxylation sites is 1. The Morgan fingerprint density at radius 2 is 1.41 bits per heavy atom. The Balaban J connectivity index is 0.00000533. The molecule has 1 heterocycles. The zero-order valence-corrected chi connectivity index (χ0v) is 26.1. The van der Waals surface area contributed by atoms with Gasteiger partial charge in [0.1, 0.15) is 11.5 Å². The molecule has 216 valence electrons. The molecule has 0 bridgehead atoms. The number of thioether (sulfide) groups is 1. The van der Waals surface area contributed by atoms with Crippen LogP contribution in [-0.2, 0) is 11.3 Å². The molecule has 0 spiro atoms. The quantitative estimate of drug-likeness (QED) is 0.150. The molecule has 0 atom stereocenters. The molecule has 0 aliphatic carbocycles. The second-order valence-corrected chi connectivity index (χ2v) is 10.9. The number of nitrogens with one attached hydrogen (secondary N) is 1. The molecule has 0 saturated carbocycles. The van der Waals surface area contributed by atoms with Crippen LogP contribution >= 0.6 is 28.7 Å². The number of halogens is 1. The van der Waals surface area contributed by atoms with E-state index in [9.17, 15) is 4.79 Å². The summed E-state index contributed by atoms with van der Waals surface area (Å²) in [6, 6.07) is 15.4. The first-order chi connectivity index (χ1) is 18.7. The van der Waals surface area contributed by atoms with E-state index in [4.69, 9.17) is 9.47 Å². The summed E-state index contributed by atoms with van der Waals surface area (Å²) in [5, 5.41) is 5.08. The molecule has 0 fully saturated rings. The maximum Gasteiger partial charge on any atom is 0.262 e. The van der Waals surface area contributed by atoms with E-state index in [2.05, 4.69) is 28.7 Å². The fourth-order valence-electron chi connectivity index (χ4n) is 4.51. The topological polar surface area (TPSA) is 50.8 Å². The number of carbonyl (C=O) groups excluding carboxylic acids is 1. The summed E-state index contributed by atoms with van der Waals surface area (Å²) in [7, 11) is 0. The van der Waals surface area contributed by atoms with Crippen molar-refractivity contribution in [3.8, 4) is 11.5 Å². The zero-order chi connectivity index (χ0) is 26.7. The number of rotatable bonds is 20. The predicted octanol–water partition coefficient (Wildman–Crippen LogP) is 9.34. The normalized spacial score (nSPS) is 12.3. The fourth-order valence-corrected chi connectivity index (χ4v) is 5.22. The van der Waals surface area contributed by atoms with Gasteiger partial charge in [0.15, 0.2) is 6.61 Å². The molecule has 1 aliphatic heterocycles. The summed E-state index contributed by atoms with van der Waals surface area (Å²) < 4.78 is 11.6. The monoisotopic (exact) mass is 618 g/mol. The van der Waals surface area contributed by atoms with Crippen LogP contribution in [0.25, 0.3) is 0 Å². The molecule has 2 aromatic rings. The van der Waals surface area contributed by atoms with Gasteiger partial charge < -0.3 is 19.7 Å². The zero-order valence-electron chi connectivity index (χ0n) is 23.6. The summed E-state index contributed by atoms with van der Waals surface area (Å²) in [6.07, 6.45) is 18.2. The Morgan fingerprint density at radius 1 is 0.821 bits per heavy atom. The van der Waals surface area contributed by atoms with E-state index in [-0.39, 0.29) is 29.5 Å². The lowest BCUT2D eigenvalue weighted by atomic mass is 10.1. The molecule has 0 unspecified atom stereocenters. The van der Waals surface area contributed by atoms with Crippen molar-refractivity contribution < 1.29 is 14.3 Å². The standard InChI is InChI=1S/C32H46N2O3S.BrH/c1-2-3-4-5-6-7-8-9-10-11-12-15-23-36-29-18-20-30(21-19-29)37-26-32(35)33-31-17-14-13-16-28(31)25-34-22-24-38-27-34;/h13-14,16-22,24H,2-12,15,23,25-27H2,1H3,(H,33,35);1H. The molecule has 0 aromatic heterocycles. The van der Waals surface area contributed by atoms with Gasteiger partial charge in [-0.15, -0.1) is 28.7 Å². The minimum Gasteiger partial charge on any atom is -0.494 e. The lowest BCUT2D eigenvalue weighted by Crippen LogP contribution is -2.22. The van der Waals surface area contributed by atoms with E-state index in [0.29, 0.717) is 5.75 Å². The lowest BCUT2D eigenvalue weighted by molar-refractivity contribution is -0.118. The summed E-state index contributed by atoms with van der Waals surface area (Å²) in [5.74, 6) is 2.26. The second kappa shape index (κ2) is 20.7. The molecule has 39 heavy (non-hydrogen) atoms. The second-order valence-electron chi connectivity index (χ2n) is 10.0.